The number of rotatable bonds is 1. The molecule has 0 fully saturated rings. The van der Waals surface area contributed by atoms with Gasteiger partial charge in [0.25, 0.3) is 0 Å². The molecule has 72 valence electrons. The normalized spacial score (nSPS) is 9.21. The highest BCUT2D eigenvalue weighted by Gasteiger charge is 2.06. The zero-order chi connectivity index (χ0) is 10.7. The van der Waals surface area contributed by atoms with Crippen LogP contribution in [0, 0.1) is 23.7 Å². The van der Waals surface area contributed by atoms with E-state index in [1.807, 2.05) is 6.92 Å². The lowest BCUT2D eigenvalue weighted by molar-refractivity contribution is 1.18. The van der Waals surface area contributed by atoms with Gasteiger partial charge in [0.15, 0.2) is 5.96 Å². The van der Waals surface area contributed by atoms with E-state index in [0.29, 0.717) is 5.56 Å². The van der Waals surface area contributed by atoms with E-state index >= 15 is 0 Å². The summed E-state index contributed by atoms with van der Waals surface area (Å²) in [6.45, 7) is 1.88. The van der Waals surface area contributed by atoms with Crippen LogP contribution < -0.4 is 10.6 Å². The highest BCUT2D eigenvalue weighted by atomic mass is 15.2. The fraction of sp³-hybridized carbons (Fsp3) is 0.200. The quantitative estimate of drug-likeness (QED) is 0.513. The van der Waals surface area contributed by atoms with Gasteiger partial charge in [-0.05, 0) is 30.7 Å². The van der Waals surface area contributed by atoms with Crippen LogP contribution >= 0.6 is 0 Å². The van der Waals surface area contributed by atoms with Gasteiger partial charge in [0.1, 0.15) is 0 Å². The van der Waals surface area contributed by atoms with Gasteiger partial charge in [-0.2, -0.15) is 5.26 Å². The number of nitrogens with two attached hydrogens (primary N) is 1. The first kappa shape index (κ1) is 10.1. The molecule has 0 saturated carbocycles. The van der Waals surface area contributed by atoms with E-state index in [1.165, 1.54) is 0 Å². The second kappa shape index (κ2) is 3.79. The lowest BCUT2D eigenvalue weighted by atomic mass is 10.1. The molecular formula is C10H12N4. The van der Waals surface area contributed by atoms with Crippen molar-refractivity contribution in [2.45, 2.75) is 6.92 Å². The molecule has 0 amide bonds. The van der Waals surface area contributed by atoms with Crippen LogP contribution in [0.4, 0.5) is 5.69 Å². The first-order chi connectivity index (χ1) is 6.56. The van der Waals surface area contributed by atoms with Gasteiger partial charge in [-0.3, -0.25) is 5.41 Å². The maximum Gasteiger partial charge on any atom is 0.192 e. The molecule has 0 aliphatic carbocycles. The lowest BCUT2D eigenvalue weighted by Crippen LogP contribution is -2.33. The van der Waals surface area contributed by atoms with E-state index in [-0.39, 0.29) is 5.96 Å². The Hall–Kier alpha value is -2.02. The molecule has 0 radical (unpaired) electrons. The minimum atomic E-state index is -0.0159. The number of aryl methyl sites for hydroxylation is 1. The zero-order valence-electron chi connectivity index (χ0n) is 8.20. The van der Waals surface area contributed by atoms with Crippen LogP contribution in [0.15, 0.2) is 18.2 Å². The summed E-state index contributed by atoms with van der Waals surface area (Å²) < 4.78 is 0. The van der Waals surface area contributed by atoms with Crippen molar-refractivity contribution in [1.29, 1.82) is 10.7 Å². The number of hydrogen-bond acceptors (Lipinski definition) is 2. The molecule has 0 spiro atoms. The molecule has 1 aromatic carbocycles. The van der Waals surface area contributed by atoms with Crippen LogP contribution in [0.25, 0.3) is 0 Å². The Kier molecular flexibility index (Phi) is 2.73. The Morgan fingerprint density at radius 3 is 2.64 bits per heavy atom. The Morgan fingerprint density at radius 2 is 2.21 bits per heavy atom. The number of hydrogen-bond donors (Lipinski definition) is 2. The van der Waals surface area contributed by atoms with Crippen molar-refractivity contribution < 1.29 is 0 Å². The van der Waals surface area contributed by atoms with Gasteiger partial charge in [0.2, 0.25) is 0 Å². The van der Waals surface area contributed by atoms with Crippen LogP contribution in [0.1, 0.15) is 11.1 Å². The van der Waals surface area contributed by atoms with E-state index in [0.717, 1.165) is 11.3 Å². The number of nitrogens with zero attached hydrogens (tertiary/aromatic N) is 2. The highest BCUT2D eigenvalue weighted by molar-refractivity contribution is 5.92. The molecule has 1 aromatic rings. The van der Waals surface area contributed by atoms with Crippen LogP contribution in [-0.4, -0.2) is 13.0 Å². The van der Waals surface area contributed by atoms with Gasteiger partial charge in [0.05, 0.1) is 11.6 Å². The van der Waals surface area contributed by atoms with Crippen molar-refractivity contribution in [1.82, 2.24) is 0 Å². The number of guanidine groups is 1. The van der Waals surface area contributed by atoms with E-state index in [9.17, 15) is 0 Å². The van der Waals surface area contributed by atoms with E-state index < -0.39 is 0 Å². The summed E-state index contributed by atoms with van der Waals surface area (Å²) in [7, 11) is 1.72. The summed E-state index contributed by atoms with van der Waals surface area (Å²) in [6, 6.07) is 7.33. The third kappa shape index (κ3) is 1.83. The summed E-state index contributed by atoms with van der Waals surface area (Å²) in [5.74, 6) is -0.0159. The predicted molar refractivity (Wildman–Crippen MR) is 56.2 cm³/mol. The van der Waals surface area contributed by atoms with Crippen molar-refractivity contribution in [2.24, 2.45) is 5.73 Å². The number of benzene rings is 1. The maximum absolute atomic E-state index is 8.67. The van der Waals surface area contributed by atoms with E-state index in [2.05, 4.69) is 6.07 Å². The molecule has 0 atom stereocenters. The van der Waals surface area contributed by atoms with Gasteiger partial charge in [-0.1, -0.05) is 0 Å². The molecule has 0 aromatic heterocycles. The lowest BCUT2D eigenvalue weighted by Gasteiger charge is -2.18. The van der Waals surface area contributed by atoms with Crippen molar-refractivity contribution in [2.75, 3.05) is 11.9 Å². The van der Waals surface area contributed by atoms with Crippen LogP contribution in [0.3, 0.4) is 0 Å². The third-order valence-corrected chi connectivity index (χ3v) is 2.05. The Labute approximate surface area is 83.1 Å². The summed E-state index contributed by atoms with van der Waals surface area (Å²) >= 11 is 0. The Morgan fingerprint density at radius 1 is 1.57 bits per heavy atom. The fourth-order valence-corrected chi connectivity index (χ4v) is 1.23. The van der Waals surface area contributed by atoms with Crippen molar-refractivity contribution in [3.05, 3.63) is 29.3 Å². The first-order valence-electron chi connectivity index (χ1n) is 4.14. The van der Waals surface area contributed by atoms with Crippen molar-refractivity contribution in [3.8, 4) is 6.07 Å². The average molecular weight is 188 g/mol. The molecule has 1 rings (SSSR count). The van der Waals surface area contributed by atoms with Gasteiger partial charge in [-0.15, -0.1) is 0 Å². The van der Waals surface area contributed by atoms with E-state index in [1.54, 1.807) is 30.1 Å². The van der Waals surface area contributed by atoms with Gasteiger partial charge in [0, 0.05) is 12.7 Å². The Bertz CT molecular complexity index is 403. The molecule has 4 nitrogen and oxygen atoms in total. The minimum Gasteiger partial charge on any atom is -0.370 e. The SMILES string of the molecule is Cc1cc(C#N)ccc1N(C)C(=N)N. The first-order valence-corrected chi connectivity index (χ1v) is 4.14. The number of nitrogens with one attached hydrogen (secondary N) is 1. The van der Waals surface area contributed by atoms with Crippen molar-refractivity contribution in [3.63, 3.8) is 0 Å². The monoisotopic (exact) mass is 188 g/mol. The fourth-order valence-electron chi connectivity index (χ4n) is 1.23. The van der Waals surface area contributed by atoms with Crippen LogP contribution in [-0.2, 0) is 0 Å². The predicted octanol–water partition coefficient (Wildman–Crippen LogP) is 1.20. The van der Waals surface area contributed by atoms with Gasteiger partial charge >= 0.3 is 0 Å². The summed E-state index contributed by atoms with van der Waals surface area (Å²) in [4.78, 5) is 1.57. The van der Waals surface area contributed by atoms with Crippen LogP contribution in [0.2, 0.25) is 0 Å². The second-order valence-electron chi connectivity index (χ2n) is 3.06. The Balaban J connectivity index is 3.13. The second-order valence-corrected chi connectivity index (χ2v) is 3.06. The molecule has 0 heterocycles. The maximum atomic E-state index is 8.67. The summed E-state index contributed by atoms with van der Waals surface area (Å²) in [5, 5.41) is 15.9. The highest BCUT2D eigenvalue weighted by Crippen LogP contribution is 2.19. The zero-order valence-corrected chi connectivity index (χ0v) is 8.20. The van der Waals surface area contributed by atoms with Crippen molar-refractivity contribution >= 4 is 11.6 Å². The smallest absolute Gasteiger partial charge is 0.192 e. The molecule has 4 heteroatoms. The minimum absolute atomic E-state index is 0.0159. The summed E-state index contributed by atoms with van der Waals surface area (Å²) in [5.41, 5.74) is 7.74. The van der Waals surface area contributed by atoms with Gasteiger partial charge in [-0.25, -0.2) is 0 Å². The average Bonchev–Trinajstić information content (AvgIpc) is 2.16. The number of anilines is 1. The molecule has 0 bridgehead atoms. The van der Waals surface area contributed by atoms with Gasteiger partial charge < -0.3 is 10.6 Å². The molecule has 3 N–H and O–H groups in total. The van der Waals surface area contributed by atoms with Crippen LogP contribution in [0.5, 0.6) is 0 Å². The molecule has 0 unspecified atom stereocenters. The standard InChI is InChI=1S/C10H12N4/c1-7-5-8(6-11)3-4-9(7)14(2)10(12)13/h3-5H,1-2H3,(H3,12,13). The van der Waals surface area contributed by atoms with E-state index in [4.69, 9.17) is 16.4 Å². The largest absolute Gasteiger partial charge is 0.370 e. The molecular weight excluding hydrogens is 176 g/mol. The molecule has 0 aliphatic rings. The molecule has 0 saturated heterocycles. The third-order valence-electron chi connectivity index (χ3n) is 2.05. The number of nitriles is 1. The molecule has 0 aliphatic heterocycles. The molecule has 14 heavy (non-hydrogen) atoms. The summed E-state index contributed by atoms with van der Waals surface area (Å²) in [6.07, 6.45) is 0. The topological polar surface area (TPSA) is 76.9 Å².